The summed E-state index contributed by atoms with van der Waals surface area (Å²) >= 11 is 6.00. The molecule has 7 heteroatoms. The van der Waals surface area contributed by atoms with Gasteiger partial charge in [-0.05, 0) is 18.2 Å². The molecule has 2 N–H and O–H groups in total. The minimum atomic E-state index is 0.669. The Bertz CT molecular complexity index is 928. The fourth-order valence-electron chi connectivity index (χ4n) is 2.34. The number of hydrogen-bond acceptors (Lipinski definition) is 4. The van der Waals surface area contributed by atoms with E-state index in [1.807, 2.05) is 53.2 Å². The van der Waals surface area contributed by atoms with Crippen LogP contribution in [0.1, 0.15) is 0 Å². The van der Waals surface area contributed by atoms with Crippen molar-refractivity contribution in [1.82, 2.24) is 24.8 Å². The van der Waals surface area contributed by atoms with Crippen molar-refractivity contribution in [2.45, 2.75) is 0 Å². The van der Waals surface area contributed by atoms with Crippen molar-refractivity contribution in [3.63, 3.8) is 0 Å². The number of H-pyrrole nitrogens is 1. The molecule has 0 aliphatic rings. The topological polar surface area (TPSA) is 70.9 Å². The van der Waals surface area contributed by atoms with Gasteiger partial charge in [0.05, 0.1) is 18.1 Å². The van der Waals surface area contributed by atoms with E-state index in [9.17, 15) is 0 Å². The number of aromatic nitrogens is 5. The lowest BCUT2D eigenvalue weighted by Crippen LogP contribution is -1.92. The van der Waals surface area contributed by atoms with E-state index in [-0.39, 0.29) is 0 Å². The summed E-state index contributed by atoms with van der Waals surface area (Å²) in [6, 6.07) is 11.7. The van der Waals surface area contributed by atoms with Gasteiger partial charge in [0.1, 0.15) is 5.65 Å². The molecule has 4 aromatic rings. The monoisotopic (exact) mass is 310 g/mol. The zero-order valence-electron chi connectivity index (χ0n) is 11.4. The molecule has 0 fully saturated rings. The number of anilines is 2. The second-order valence-electron chi connectivity index (χ2n) is 4.78. The first-order valence-corrected chi connectivity index (χ1v) is 7.03. The van der Waals surface area contributed by atoms with Crippen LogP contribution in [0.15, 0.2) is 55.0 Å². The number of imidazole rings is 1. The molecule has 0 bridgehead atoms. The third-order valence-electron chi connectivity index (χ3n) is 3.32. The highest BCUT2D eigenvalue weighted by Crippen LogP contribution is 2.25. The Morgan fingerprint density at radius 2 is 2.09 bits per heavy atom. The minimum absolute atomic E-state index is 0.669. The molecule has 0 radical (unpaired) electrons. The molecule has 6 nitrogen and oxygen atoms in total. The van der Waals surface area contributed by atoms with E-state index in [1.165, 1.54) is 0 Å². The molecular weight excluding hydrogens is 300 g/mol. The van der Waals surface area contributed by atoms with Gasteiger partial charge in [0.2, 0.25) is 0 Å². The summed E-state index contributed by atoms with van der Waals surface area (Å²) in [6.45, 7) is 0. The zero-order valence-corrected chi connectivity index (χ0v) is 12.1. The summed E-state index contributed by atoms with van der Waals surface area (Å²) in [6.07, 6.45) is 5.38. The number of benzene rings is 1. The number of nitrogens with one attached hydrogen (secondary N) is 2. The largest absolute Gasteiger partial charge is 0.337 e. The van der Waals surface area contributed by atoms with Crippen LogP contribution in [0.2, 0.25) is 5.02 Å². The van der Waals surface area contributed by atoms with Gasteiger partial charge in [-0.3, -0.25) is 4.40 Å². The van der Waals surface area contributed by atoms with E-state index in [0.717, 1.165) is 22.6 Å². The summed E-state index contributed by atoms with van der Waals surface area (Å²) in [4.78, 5) is 4.39. The Hall–Kier alpha value is -2.86. The van der Waals surface area contributed by atoms with Crippen LogP contribution < -0.4 is 5.32 Å². The van der Waals surface area contributed by atoms with Gasteiger partial charge in [0.15, 0.2) is 5.82 Å². The van der Waals surface area contributed by atoms with Crippen LogP contribution in [-0.2, 0) is 0 Å². The van der Waals surface area contributed by atoms with E-state index in [4.69, 9.17) is 11.6 Å². The third-order valence-corrected chi connectivity index (χ3v) is 3.56. The number of nitrogens with zero attached hydrogens (tertiary/aromatic N) is 4. The zero-order chi connectivity index (χ0) is 14.9. The molecule has 0 saturated carbocycles. The van der Waals surface area contributed by atoms with E-state index < -0.39 is 0 Å². The lowest BCUT2D eigenvalue weighted by molar-refractivity contribution is 0.942. The van der Waals surface area contributed by atoms with Gasteiger partial charge in [-0.15, -0.1) is 5.10 Å². The van der Waals surface area contributed by atoms with E-state index in [2.05, 4.69) is 25.7 Å². The molecule has 1 aromatic carbocycles. The first-order chi connectivity index (χ1) is 10.8. The maximum Gasteiger partial charge on any atom is 0.172 e. The van der Waals surface area contributed by atoms with Crippen LogP contribution in [0.5, 0.6) is 0 Å². The number of fused-ring (bicyclic) bond motifs is 1. The molecule has 3 aromatic heterocycles. The SMILES string of the molecule is Clc1ccn2c(-c3cccc(Nc4cn[nH]n4)c3)cnc2c1. The van der Waals surface area contributed by atoms with Crippen molar-refractivity contribution in [3.05, 3.63) is 60.0 Å². The van der Waals surface area contributed by atoms with Gasteiger partial charge in [0, 0.05) is 28.5 Å². The van der Waals surface area contributed by atoms with Crippen molar-refractivity contribution < 1.29 is 0 Å². The first kappa shape index (κ1) is 12.8. The highest BCUT2D eigenvalue weighted by Gasteiger charge is 2.07. The Morgan fingerprint density at radius 3 is 2.95 bits per heavy atom. The van der Waals surface area contributed by atoms with Gasteiger partial charge in [-0.2, -0.15) is 10.3 Å². The quantitative estimate of drug-likeness (QED) is 0.607. The van der Waals surface area contributed by atoms with Crippen LogP contribution >= 0.6 is 11.6 Å². The van der Waals surface area contributed by atoms with Crippen molar-refractivity contribution in [3.8, 4) is 11.3 Å². The standard InChI is InChI=1S/C15H11ClN6/c16-11-4-5-22-13(8-17-15(22)7-11)10-2-1-3-12(6-10)19-14-9-18-21-20-14/h1-9H,(H2,18,19,20,21). The minimum Gasteiger partial charge on any atom is -0.337 e. The van der Waals surface area contributed by atoms with E-state index in [1.54, 1.807) is 6.20 Å². The number of aromatic amines is 1. The second kappa shape index (κ2) is 5.16. The van der Waals surface area contributed by atoms with Gasteiger partial charge >= 0.3 is 0 Å². The first-order valence-electron chi connectivity index (χ1n) is 6.65. The second-order valence-corrected chi connectivity index (χ2v) is 5.21. The summed E-state index contributed by atoms with van der Waals surface area (Å²) in [5, 5.41) is 14.2. The van der Waals surface area contributed by atoms with Crippen LogP contribution in [0.25, 0.3) is 16.9 Å². The van der Waals surface area contributed by atoms with Gasteiger partial charge in [-0.1, -0.05) is 23.7 Å². The lowest BCUT2D eigenvalue weighted by atomic mass is 10.1. The Morgan fingerprint density at radius 1 is 1.14 bits per heavy atom. The average molecular weight is 311 g/mol. The van der Waals surface area contributed by atoms with Gasteiger partial charge in [-0.25, -0.2) is 4.98 Å². The number of halogens is 1. The molecular formula is C15H11ClN6. The molecule has 108 valence electrons. The predicted octanol–water partition coefficient (Wildman–Crippen LogP) is 3.52. The number of rotatable bonds is 3. The average Bonchev–Trinajstić information content (AvgIpc) is 3.16. The molecule has 0 saturated heterocycles. The normalized spacial score (nSPS) is 11.0. The van der Waals surface area contributed by atoms with Crippen LogP contribution in [0, 0.1) is 0 Å². The molecule has 0 amide bonds. The molecule has 0 atom stereocenters. The maximum absolute atomic E-state index is 6.00. The number of hydrogen-bond donors (Lipinski definition) is 2. The van der Waals surface area contributed by atoms with Crippen LogP contribution in [-0.4, -0.2) is 24.8 Å². The van der Waals surface area contributed by atoms with Crippen molar-refractivity contribution >= 4 is 28.8 Å². The van der Waals surface area contributed by atoms with E-state index >= 15 is 0 Å². The maximum atomic E-state index is 6.00. The highest BCUT2D eigenvalue weighted by molar-refractivity contribution is 6.30. The summed E-state index contributed by atoms with van der Waals surface area (Å²) in [5.74, 6) is 0.669. The van der Waals surface area contributed by atoms with Crippen molar-refractivity contribution in [1.29, 1.82) is 0 Å². The molecule has 22 heavy (non-hydrogen) atoms. The molecule has 3 heterocycles. The van der Waals surface area contributed by atoms with Gasteiger partial charge in [0.25, 0.3) is 0 Å². The molecule has 0 spiro atoms. The molecule has 0 aliphatic heterocycles. The summed E-state index contributed by atoms with van der Waals surface area (Å²) < 4.78 is 2.00. The van der Waals surface area contributed by atoms with Crippen LogP contribution in [0.4, 0.5) is 11.5 Å². The van der Waals surface area contributed by atoms with E-state index in [0.29, 0.717) is 10.8 Å². The van der Waals surface area contributed by atoms with Crippen molar-refractivity contribution in [2.24, 2.45) is 0 Å². The van der Waals surface area contributed by atoms with Crippen LogP contribution in [0.3, 0.4) is 0 Å². The fraction of sp³-hybridized carbons (Fsp3) is 0. The third kappa shape index (κ3) is 2.29. The molecule has 0 aliphatic carbocycles. The smallest absolute Gasteiger partial charge is 0.172 e. The Labute approximate surface area is 130 Å². The molecule has 4 rings (SSSR count). The highest BCUT2D eigenvalue weighted by atomic mass is 35.5. The molecule has 0 unspecified atom stereocenters. The summed E-state index contributed by atoms with van der Waals surface area (Å²) in [7, 11) is 0. The van der Waals surface area contributed by atoms with Gasteiger partial charge < -0.3 is 5.32 Å². The Kier molecular flexibility index (Phi) is 3.01. The predicted molar refractivity (Wildman–Crippen MR) is 85.3 cm³/mol. The fourth-order valence-corrected chi connectivity index (χ4v) is 2.49. The Balaban J connectivity index is 1.75. The van der Waals surface area contributed by atoms with Crippen molar-refractivity contribution in [2.75, 3.05) is 5.32 Å². The summed E-state index contributed by atoms with van der Waals surface area (Å²) in [5.41, 5.74) is 3.78. The lowest BCUT2D eigenvalue weighted by Gasteiger charge is -2.06. The number of pyridine rings is 1.